The van der Waals surface area contributed by atoms with Gasteiger partial charge in [0.05, 0.1) is 19.8 Å². The molecule has 27 heavy (non-hydrogen) atoms. The summed E-state index contributed by atoms with van der Waals surface area (Å²) >= 11 is 0. The third kappa shape index (κ3) is 7.31. The summed E-state index contributed by atoms with van der Waals surface area (Å²) in [7, 11) is 0. The van der Waals surface area contributed by atoms with Crippen molar-refractivity contribution < 1.29 is 4.74 Å². The second kappa shape index (κ2) is 12.2. The van der Waals surface area contributed by atoms with E-state index < -0.39 is 0 Å². The standard InChI is InChI=1S/C20H31N5O.HI/c1-2-21-20(22-9-12-24-13-15-26-16-14-24)23-17-18-5-7-19(8-6-18)25-10-3-4-11-25;/h3-8H,2,9-17H2,1H3,(H2,21,22,23);1H. The third-order valence-electron chi connectivity index (χ3n) is 4.71. The van der Waals surface area contributed by atoms with Gasteiger partial charge in [0.15, 0.2) is 5.96 Å². The molecule has 3 rings (SSSR count). The van der Waals surface area contributed by atoms with E-state index in [1.165, 1.54) is 11.3 Å². The van der Waals surface area contributed by atoms with E-state index in [0.29, 0.717) is 6.54 Å². The van der Waals surface area contributed by atoms with E-state index >= 15 is 0 Å². The Bertz CT molecular complexity index is 591. The van der Waals surface area contributed by atoms with Gasteiger partial charge >= 0.3 is 0 Å². The molecule has 0 radical (unpaired) electrons. The average Bonchev–Trinajstić information content (AvgIpc) is 3.22. The Morgan fingerprint density at radius 2 is 1.78 bits per heavy atom. The Labute approximate surface area is 180 Å². The van der Waals surface area contributed by atoms with Crippen molar-refractivity contribution in [1.29, 1.82) is 0 Å². The van der Waals surface area contributed by atoms with Crippen molar-refractivity contribution in [2.75, 3.05) is 63.9 Å². The molecule has 0 aromatic heterocycles. The maximum Gasteiger partial charge on any atom is 0.191 e. The molecule has 7 heteroatoms. The highest BCUT2D eigenvalue weighted by atomic mass is 127. The summed E-state index contributed by atoms with van der Waals surface area (Å²) in [6.45, 7) is 11.3. The number of hydrogen-bond acceptors (Lipinski definition) is 4. The first kappa shape index (κ1) is 22.0. The number of rotatable bonds is 7. The van der Waals surface area contributed by atoms with E-state index in [4.69, 9.17) is 9.73 Å². The molecule has 0 atom stereocenters. The molecule has 1 aromatic rings. The molecule has 2 aliphatic heterocycles. The summed E-state index contributed by atoms with van der Waals surface area (Å²) in [5.41, 5.74) is 2.50. The number of guanidine groups is 1. The lowest BCUT2D eigenvalue weighted by molar-refractivity contribution is 0.0389. The molecule has 0 bridgehead atoms. The van der Waals surface area contributed by atoms with E-state index in [0.717, 1.165) is 65.0 Å². The molecule has 150 valence electrons. The lowest BCUT2D eigenvalue weighted by atomic mass is 10.2. The molecule has 1 fully saturated rings. The minimum Gasteiger partial charge on any atom is -0.379 e. The smallest absolute Gasteiger partial charge is 0.191 e. The fourth-order valence-electron chi connectivity index (χ4n) is 3.17. The van der Waals surface area contributed by atoms with Crippen LogP contribution in [0.5, 0.6) is 0 Å². The lowest BCUT2D eigenvalue weighted by Crippen LogP contribution is -2.44. The van der Waals surface area contributed by atoms with Crippen LogP contribution in [-0.4, -0.2) is 69.9 Å². The zero-order valence-electron chi connectivity index (χ0n) is 16.2. The van der Waals surface area contributed by atoms with Gasteiger partial charge in [-0.2, -0.15) is 0 Å². The minimum atomic E-state index is 0. The fourth-order valence-corrected chi connectivity index (χ4v) is 3.17. The number of benzene rings is 1. The van der Waals surface area contributed by atoms with Crippen LogP contribution in [-0.2, 0) is 11.3 Å². The van der Waals surface area contributed by atoms with Crippen molar-refractivity contribution in [1.82, 2.24) is 15.5 Å². The number of halogens is 1. The number of ether oxygens (including phenoxy) is 1. The van der Waals surface area contributed by atoms with Gasteiger partial charge in [0.1, 0.15) is 0 Å². The van der Waals surface area contributed by atoms with Crippen molar-refractivity contribution in [2.24, 2.45) is 4.99 Å². The highest BCUT2D eigenvalue weighted by Crippen LogP contribution is 2.17. The van der Waals surface area contributed by atoms with Gasteiger partial charge in [0, 0.05) is 51.5 Å². The zero-order chi connectivity index (χ0) is 18.0. The first-order chi connectivity index (χ1) is 12.8. The molecule has 0 unspecified atom stereocenters. The molecular weight excluding hydrogens is 453 g/mol. The van der Waals surface area contributed by atoms with Crippen molar-refractivity contribution in [3.8, 4) is 0 Å². The number of nitrogens with one attached hydrogen (secondary N) is 2. The molecule has 1 saturated heterocycles. The van der Waals surface area contributed by atoms with Crippen molar-refractivity contribution in [3.63, 3.8) is 0 Å². The quantitative estimate of drug-likeness (QED) is 0.268. The molecular formula is C20H32IN5O. The van der Waals surface area contributed by atoms with E-state index in [1.807, 2.05) is 0 Å². The van der Waals surface area contributed by atoms with Crippen LogP contribution in [0.25, 0.3) is 0 Å². The predicted octanol–water partition coefficient (Wildman–Crippen LogP) is 2.07. The summed E-state index contributed by atoms with van der Waals surface area (Å²) < 4.78 is 5.39. The number of nitrogens with zero attached hydrogens (tertiary/aromatic N) is 3. The van der Waals surface area contributed by atoms with Gasteiger partial charge in [-0.15, -0.1) is 24.0 Å². The van der Waals surface area contributed by atoms with Crippen LogP contribution < -0.4 is 15.5 Å². The van der Waals surface area contributed by atoms with Crippen molar-refractivity contribution in [3.05, 3.63) is 42.0 Å². The van der Waals surface area contributed by atoms with Gasteiger partial charge in [0.25, 0.3) is 0 Å². The maximum atomic E-state index is 5.39. The summed E-state index contributed by atoms with van der Waals surface area (Å²) in [5.74, 6) is 0.883. The van der Waals surface area contributed by atoms with Crippen LogP contribution in [0.2, 0.25) is 0 Å². The predicted molar refractivity (Wildman–Crippen MR) is 123 cm³/mol. The van der Waals surface area contributed by atoms with Crippen molar-refractivity contribution >= 4 is 35.6 Å². The summed E-state index contributed by atoms with van der Waals surface area (Å²) in [5, 5.41) is 6.76. The van der Waals surface area contributed by atoms with E-state index in [-0.39, 0.29) is 24.0 Å². The van der Waals surface area contributed by atoms with Crippen molar-refractivity contribution in [2.45, 2.75) is 13.5 Å². The average molecular weight is 485 g/mol. The molecule has 2 aliphatic rings. The number of morpholine rings is 1. The van der Waals surface area contributed by atoms with Gasteiger partial charge in [-0.3, -0.25) is 4.90 Å². The first-order valence-corrected chi connectivity index (χ1v) is 9.66. The number of anilines is 1. The summed E-state index contributed by atoms with van der Waals surface area (Å²) in [6, 6.07) is 8.73. The van der Waals surface area contributed by atoms with Gasteiger partial charge in [0.2, 0.25) is 0 Å². The SMILES string of the molecule is CCNC(=NCc1ccc(N2CC=CC2)cc1)NCCN1CCOCC1.I. The molecule has 2 N–H and O–H groups in total. The molecule has 0 saturated carbocycles. The Morgan fingerprint density at radius 3 is 2.44 bits per heavy atom. The Balaban J connectivity index is 0.00000261. The third-order valence-corrected chi connectivity index (χ3v) is 4.71. The van der Waals surface area contributed by atoms with Crippen LogP contribution in [0, 0.1) is 0 Å². The lowest BCUT2D eigenvalue weighted by Gasteiger charge is -2.26. The van der Waals surface area contributed by atoms with Crippen LogP contribution in [0.1, 0.15) is 12.5 Å². The van der Waals surface area contributed by atoms with Gasteiger partial charge in [-0.1, -0.05) is 24.3 Å². The Kier molecular flexibility index (Phi) is 9.93. The highest BCUT2D eigenvalue weighted by molar-refractivity contribution is 14.0. The maximum absolute atomic E-state index is 5.39. The topological polar surface area (TPSA) is 52.1 Å². The summed E-state index contributed by atoms with van der Waals surface area (Å²) in [6.07, 6.45) is 4.42. The molecule has 0 aliphatic carbocycles. The second-order valence-corrected chi connectivity index (χ2v) is 6.62. The Morgan fingerprint density at radius 1 is 1.07 bits per heavy atom. The molecule has 1 aromatic carbocycles. The van der Waals surface area contributed by atoms with Gasteiger partial charge < -0.3 is 20.3 Å². The van der Waals surface area contributed by atoms with Crippen LogP contribution in [0.4, 0.5) is 5.69 Å². The van der Waals surface area contributed by atoms with E-state index in [9.17, 15) is 0 Å². The highest BCUT2D eigenvalue weighted by Gasteiger charge is 2.10. The van der Waals surface area contributed by atoms with Crippen LogP contribution in [0.15, 0.2) is 41.4 Å². The van der Waals surface area contributed by atoms with Gasteiger partial charge in [-0.05, 0) is 24.6 Å². The molecule has 0 spiro atoms. The largest absolute Gasteiger partial charge is 0.379 e. The van der Waals surface area contributed by atoms with Crippen LogP contribution >= 0.6 is 24.0 Å². The minimum absolute atomic E-state index is 0. The van der Waals surface area contributed by atoms with E-state index in [2.05, 4.69) is 63.8 Å². The normalized spacial score (nSPS) is 17.7. The van der Waals surface area contributed by atoms with Crippen LogP contribution in [0.3, 0.4) is 0 Å². The molecule has 2 heterocycles. The van der Waals surface area contributed by atoms with E-state index in [1.54, 1.807) is 0 Å². The first-order valence-electron chi connectivity index (χ1n) is 9.66. The monoisotopic (exact) mass is 485 g/mol. The fraction of sp³-hybridized carbons (Fsp3) is 0.550. The molecule has 0 amide bonds. The number of aliphatic imine (C=N–C) groups is 1. The molecule has 6 nitrogen and oxygen atoms in total. The van der Waals surface area contributed by atoms with Gasteiger partial charge in [-0.25, -0.2) is 4.99 Å². The second-order valence-electron chi connectivity index (χ2n) is 6.62. The Hall–Kier alpha value is -1.32. The zero-order valence-corrected chi connectivity index (χ0v) is 18.5. The number of hydrogen-bond donors (Lipinski definition) is 2. The summed E-state index contributed by atoms with van der Waals surface area (Å²) in [4.78, 5) is 9.49.